The monoisotopic (exact) mass is 282 g/mol. The molecule has 3 heteroatoms. The summed E-state index contributed by atoms with van der Waals surface area (Å²) in [5.41, 5.74) is 7.94. The second kappa shape index (κ2) is 4.76. The third kappa shape index (κ3) is 2.98. The first-order valence-corrected chi connectivity index (χ1v) is 6.61. The minimum atomic E-state index is 0.681. The van der Waals surface area contributed by atoms with E-state index in [9.17, 15) is 0 Å². The van der Waals surface area contributed by atoms with Gasteiger partial charge in [0.2, 0.25) is 0 Å². The van der Waals surface area contributed by atoms with Crippen LogP contribution in [0.25, 0.3) is 0 Å². The number of nitrogens with zero attached hydrogens (tertiary/aromatic N) is 1. The van der Waals surface area contributed by atoms with Crippen LogP contribution in [0.15, 0.2) is 22.7 Å². The molecule has 1 aliphatic rings. The molecule has 0 bridgehead atoms. The van der Waals surface area contributed by atoms with Crippen LogP contribution in [-0.2, 0) is 6.54 Å². The van der Waals surface area contributed by atoms with Gasteiger partial charge in [-0.05, 0) is 56.5 Å². The SMILES string of the molecule is CC(C1CC1)N(C)Cc1cc(N)cc(Br)c1. The predicted octanol–water partition coefficient (Wildman–Crippen LogP) is 3.26. The lowest BCUT2D eigenvalue weighted by molar-refractivity contribution is 0.226. The van der Waals surface area contributed by atoms with Crippen molar-refractivity contribution in [1.82, 2.24) is 4.90 Å². The molecular weight excluding hydrogens is 264 g/mol. The van der Waals surface area contributed by atoms with Gasteiger partial charge in [-0.2, -0.15) is 0 Å². The molecule has 1 aliphatic carbocycles. The van der Waals surface area contributed by atoms with Gasteiger partial charge >= 0.3 is 0 Å². The van der Waals surface area contributed by atoms with E-state index in [1.807, 2.05) is 6.07 Å². The van der Waals surface area contributed by atoms with E-state index in [1.165, 1.54) is 18.4 Å². The number of benzene rings is 1. The number of anilines is 1. The zero-order valence-corrected chi connectivity index (χ0v) is 11.5. The van der Waals surface area contributed by atoms with Crippen LogP contribution in [0.5, 0.6) is 0 Å². The fourth-order valence-corrected chi connectivity index (χ4v) is 2.70. The predicted molar refractivity (Wildman–Crippen MR) is 72.2 cm³/mol. The lowest BCUT2D eigenvalue weighted by atomic mass is 10.1. The van der Waals surface area contributed by atoms with Crippen molar-refractivity contribution in [2.45, 2.75) is 32.4 Å². The van der Waals surface area contributed by atoms with Gasteiger partial charge in [-0.3, -0.25) is 4.90 Å². The third-order valence-corrected chi connectivity index (χ3v) is 3.87. The van der Waals surface area contributed by atoms with Crippen LogP contribution in [0.1, 0.15) is 25.3 Å². The van der Waals surface area contributed by atoms with Crippen molar-refractivity contribution >= 4 is 21.6 Å². The molecule has 0 heterocycles. The summed E-state index contributed by atoms with van der Waals surface area (Å²) in [6.07, 6.45) is 2.79. The number of rotatable bonds is 4. The molecule has 0 radical (unpaired) electrons. The van der Waals surface area contributed by atoms with E-state index in [0.29, 0.717) is 6.04 Å². The molecule has 1 atom stereocenters. The smallest absolute Gasteiger partial charge is 0.0328 e. The molecule has 1 unspecified atom stereocenters. The fourth-order valence-electron chi connectivity index (χ4n) is 2.14. The Labute approximate surface area is 106 Å². The van der Waals surface area contributed by atoms with Gasteiger partial charge in [-0.25, -0.2) is 0 Å². The lowest BCUT2D eigenvalue weighted by Crippen LogP contribution is -2.30. The fraction of sp³-hybridized carbons (Fsp3) is 0.538. The molecule has 1 aromatic rings. The lowest BCUT2D eigenvalue weighted by Gasteiger charge is -2.24. The van der Waals surface area contributed by atoms with Gasteiger partial charge in [0.25, 0.3) is 0 Å². The van der Waals surface area contributed by atoms with Crippen LogP contribution >= 0.6 is 15.9 Å². The normalized spacial score (nSPS) is 17.8. The second-order valence-electron chi connectivity index (χ2n) is 4.89. The molecule has 16 heavy (non-hydrogen) atoms. The molecule has 2 rings (SSSR count). The van der Waals surface area contributed by atoms with E-state index in [-0.39, 0.29) is 0 Å². The van der Waals surface area contributed by atoms with Crippen LogP contribution in [0.4, 0.5) is 5.69 Å². The maximum atomic E-state index is 5.83. The third-order valence-electron chi connectivity index (χ3n) is 3.41. The van der Waals surface area contributed by atoms with Crippen molar-refractivity contribution in [3.63, 3.8) is 0 Å². The summed E-state index contributed by atoms with van der Waals surface area (Å²) in [6.45, 7) is 3.29. The van der Waals surface area contributed by atoms with E-state index in [2.05, 4.69) is 46.9 Å². The highest BCUT2D eigenvalue weighted by Gasteiger charge is 2.30. The Morgan fingerprint density at radius 1 is 1.44 bits per heavy atom. The van der Waals surface area contributed by atoms with Crippen molar-refractivity contribution in [1.29, 1.82) is 0 Å². The highest BCUT2D eigenvalue weighted by atomic mass is 79.9. The molecule has 2 N–H and O–H groups in total. The molecule has 0 spiro atoms. The van der Waals surface area contributed by atoms with Gasteiger partial charge in [-0.15, -0.1) is 0 Å². The number of hydrogen-bond donors (Lipinski definition) is 1. The molecule has 88 valence electrons. The molecule has 0 saturated heterocycles. The Hall–Kier alpha value is -0.540. The van der Waals surface area contributed by atoms with Crippen molar-refractivity contribution in [3.8, 4) is 0 Å². The summed E-state index contributed by atoms with van der Waals surface area (Å²) < 4.78 is 1.06. The molecule has 2 nitrogen and oxygen atoms in total. The highest BCUT2D eigenvalue weighted by molar-refractivity contribution is 9.10. The van der Waals surface area contributed by atoms with Crippen LogP contribution in [-0.4, -0.2) is 18.0 Å². The van der Waals surface area contributed by atoms with E-state index < -0.39 is 0 Å². The van der Waals surface area contributed by atoms with E-state index in [0.717, 1.165) is 22.6 Å². The Balaban J connectivity index is 2.01. The van der Waals surface area contributed by atoms with Crippen molar-refractivity contribution in [2.75, 3.05) is 12.8 Å². The van der Waals surface area contributed by atoms with Crippen LogP contribution in [0.3, 0.4) is 0 Å². The standard InChI is InChI=1S/C13H19BrN2/c1-9(11-3-4-11)16(2)8-10-5-12(14)7-13(15)6-10/h5-7,9,11H,3-4,8,15H2,1-2H3. The number of nitrogens with two attached hydrogens (primary N) is 1. The number of hydrogen-bond acceptors (Lipinski definition) is 2. The zero-order valence-electron chi connectivity index (χ0n) is 9.91. The minimum Gasteiger partial charge on any atom is -0.399 e. The summed E-state index contributed by atoms with van der Waals surface area (Å²) in [7, 11) is 2.19. The van der Waals surface area contributed by atoms with Crippen molar-refractivity contribution < 1.29 is 0 Å². The Morgan fingerprint density at radius 3 is 2.69 bits per heavy atom. The highest BCUT2D eigenvalue weighted by Crippen LogP contribution is 2.35. The quantitative estimate of drug-likeness (QED) is 0.859. The summed E-state index contributed by atoms with van der Waals surface area (Å²) in [5, 5.41) is 0. The minimum absolute atomic E-state index is 0.681. The topological polar surface area (TPSA) is 29.3 Å². The first-order valence-electron chi connectivity index (χ1n) is 5.81. The molecular formula is C13H19BrN2. The van der Waals surface area contributed by atoms with Gasteiger partial charge in [0, 0.05) is 22.7 Å². The van der Waals surface area contributed by atoms with Gasteiger partial charge < -0.3 is 5.73 Å². The average Bonchev–Trinajstić information content (AvgIpc) is 2.97. The van der Waals surface area contributed by atoms with Crippen molar-refractivity contribution in [3.05, 3.63) is 28.2 Å². The molecule has 0 aromatic heterocycles. The summed E-state index contributed by atoms with van der Waals surface area (Å²) in [4.78, 5) is 2.42. The van der Waals surface area contributed by atoms with Gasteiger partial charge in [0.15, 0.2) is 0 Å². The molecule has 1 fully saturated rings. The van der Waals surface area contributed by atoms with Crippen LogP contribution < -0.4 is 5.73 Å². The van der Waals surface area contributed by atoms with Gasteiger partial charge in [-0.1, -0.05) is 15.9 Å². The first-order chi connectivity index (χ1) is 7.56. The maximum Gasteiger partial charge on any atom is 0.0328 e. The molecule has 0 amide bonds. The average molecular weight is 283 g/mol. The molecule has 1 aromatic carbocycles. The van der Waals surface area contributed by atoms with E-state index >= 15 is 0 Å². The number of nitrogen functional groups attached to an aromatic ring is 1. The Kier molecular flexibility index (Phi) is 3.55. The van der Waals surface area contributed by atoms with E-state index in [4.69, 9.17) is 5.73 Å². The number of halogens is 1. The van der Waals surface area contributed by atoms with Gasteiger partial charge in [0.05, 0.1) is 0 Å². The summed E-state index contributed by atoms with van der Waals surface area (Å²) >= 11 is 3.48. The summed E-state index contributed by atoms with van der Waals surface area (Å²) in [6, 6.07) is 6.82. The second-order valence-corrected chi connectivity index (χ2v) is 5.80. The Bertz CT molecular complexity index is 354. The largest absolute Gasteiger partial charge is 0.399 e. The van der Waals surface area contributed by atoms with Crippen LogP contribution in [0.2, 0.25) is 0 Å². The molecule has 0 aliphatic heterocycles. The van der Waals surface area contributed by atoms with Crippen LogP contribution in [0, 0.1) is 5.92 Å². The Morgan fingerprint density at radius 2 is 2.12 bits per heavy atom. The van der Waals surface area contributed by atoms with Crippen molar-refractivity contribution in [2.24, 2.45) is 5.92 Å². The summed E-state index contributed by atoms with van der Waals surface area (Å²) in [5.74, 6) is 0.912. The maximum absolute atomic E-state index is 5.83. The zero-order chi connectivity index (χ0) is 11.7. The van der Waals surface area contributed by atoms with Gasteiger partial charge in [0.1, 0.15) is 0 Å². The molecule has 1 saturated carbocycles. The van der Waals surface area contributed by atoms with E-state index in [1.54, 1.807) is 0 Å². The first kappa shape index (κ1) is 11.9.